The molecule has 0 bridgehead atoms. The average molecular weight is 2590 g/mol. The molecule has 0 atom stereocenters. The van der Waals surface area contributed by atoms with Crippen molar-refractivity contribution in [2.45, 2.75) is 84.0 Å². The topological polar surface area (TPSA) is 51.6 Å². The number of fused-ring (bicyclic) bond motifs is 3. The van der Waals surface area contributed by atoms with Gasteiger partial charge in [-0.25, -0.2) is 11.3 Å². The second kappa shape index (κ2) is 51.4. The van der Waals surface area contributed by atoms with Gasteiger partial charge in [-0.1, -0.05) is 143 Å². The minimum atomic E-state index is -4.81. The van der Waals surface area contributed by atoms with Crippen molar-refractivity contribution in [1.29, 1.82) is 0 Å². The second-order valence-corrected chi connectivity index (χ2v) is 23.9. The van der Waals surface area contributed by atoms with Crippen LogP contribution in [-0.4, -0.2) is 19.9 Å². The summed E-state index contributed by atoms with van der Waals surface area (Å²) in [5.74, 6) is 0. The maximum atomic E-state index is 12.2. The number of hydrogen-bond donors (Lipinski definition) is 0. The molecule has 0 aliphatic rings. The summed E-state index contributed by atoms with van der Waals surface area (Å²) >= 11 is 11.3. The van der Waals surface area contributed by atoms with Crippen LogP contribution in [0.25, 0.3) is 54.8 Å². The summed E-state index contributed by atoms with van der Waals surface area (Å²) in [4.78, 5) is 19.4. The zero-order chi connectivity index (χ0) is 89.6. The number of rotatable bonds is 3. The Balaban J connectivity index is 0.000000452. The maximum Gasteiger partial charge on any atom is 0.0161 e. The van der Waals surface area contributed by atoms with Crippen LogP contribution in [0.15, 0.2) is 225 Å². The van der Waals surface area contributed by atoms with Gasteiger partial charge in [-0.2, -0.15) is 188 Å². The maximum absolute atomic E-state index is 12.2. The average Bonchev–Trinajstić information content (AvgIpc) is 0.930. The molecule has 650 valence electrons. The minimum absolute atomic E-state index is 0.0486. The predicted octanol–water partition coefficient (Wildman–Crippen LogP) is 29.5. The fourth-order valence-electron chi connectivity index (χ4n) is 9.02. The van der Waals surface area contributed by atoms with Crippen molar-refractivity contribution in [3.05, 3.63) is 345 Å². The largest absolute Gasteiger partial charge is 0.305 e. The smallest absolute Gasteiger partial charge is 0.0161 e. The molecule has 0 N–H and O–H groups in total. The molecule has 0 aliphatic heterocycles. The number of halogens is 28. The van der Waals surface area contributed by atoms with Gasteiger partial charge in [0.1, 0.15) is 0 Å². The van der Waals surface area contributed by atoms with Crippen molar-refractivity contribution < 1.29 is 183 Å². The normalized spacial score (nSPS) is 11.1. The van der Waals surface area contributed by atoms with Crippen molar-refractivity contribution in [2.75, 3.05) is 0 Å². The van der Waals surface area contributed by atoms with Gasteiger partial charge >= 0.3 is 173 Å². The van der Waals surface area contributed by atoms with E-state index < -0.39 is 93.9 Å². The van der Waals surface area contributed by atoms with Gasteiger partial charge in [0, 0.05) is 24.8 Å². The zero-order valence-corrected chi connectivity index (χ0v) is 73.8. The van der Waals surface area contributed by atoms with Gasteiger partial charge in [-0.05, 0) is 52.3 Å². The van der Waals surface area contributed by atoms with Crippen LogP contribution in [0.3, 0.4) is 0 Å². The summed E-state index contributed by atoms with van der Waals surface area (Å²) in [5.41, 5.74) is -5.61. The van der Waals surface area contributed by atoms with Crippen LogP contribution in [0.5, 0.6) is 0 Å². The molecule has 4 nitrogen and oxygen atoms in total. The van der Waals surface area contributed by atoms with E-state index in [4.69, 9.17) is 0 Å². The third-order valence-corrected chi connectivity index (χ3v) is 14.8. The van der Waals surface area contributed by atoms with Gasteiger partial charge in [-0.3, -0.25) is 0 Å². The molecule has 0 saturated heterocycles. The summed E-state index contributed by atoms with van der Waals surface area (Å²) in [7, 11) is 13.8. The number of aromatic nitrogens is 4. The Morgan fingerprint density at radius 3 is 0.881 bits per heavy atom. The Bertz CT molecular complexity index is 4420. The molecule has 0 radical (unpaired) electrons. The first kappa shape index (κ1) is 108. The van der Waals surface area contributed by atoms with Crippen LogP contribution in [0.4, 0.5) is 105 Å². The van der Waals surface area contributed by atoms with Crippen molar-refractivity contribution in [2.24, 2.45) is 0 Å². The number of aryl methyl sites for hydroxylation is 5. The van der Waals surface area contributed by atoms with Gasteiger partial charge in [0.15, 0.2) is 0 Å². The number of nitrogens with zero attached hydrogens (tertiary/aromatic N) is 4. The Kier molecular flexibility index (Phi) is 46.8. The number of benzene rings is 8. The Hall–Kier alpha value is -6.54. The number of alkyl halides is 24. The molecule has 0 fully saturated rings. The molecule has 13 rings (SSSR count). The number of thiophene rings is 1. The fourth-order valence-corrected chi connectivity index (χ4v) is 9.80. The molecule has 118 heavy (non-hydrogen) atoms. The SMILES string of the molecule is Cc1[c-]c(C(F)(F)F)cc(C(F)(F)F)c1.Cc1[c-]c(C(F)(F)F)cc(C(F)(F)F)c1.Cc1[c-]c(C(F)(F)F)cc(C(F)(F)F)c1.Cc1[c-]c(C(F)(F)F)cc(C(F)(F)F)c1.Cc1c[c-]c(-c2ccccn2)s1.[Cl][Au].[Cl][Au].[Cl][Au].[I][Au].[c-]1cccc2ccc3cccnc3c12.[c-]1ccccc1-c1ccccn1.[c-]1ccccc1-c1ccccn1. The van der Waals surface area contributed by atoms with E-state index in [1.807, 2.05) is 158 Å². The van der Waals surface area contributed by atoms with Crippen LogP contribution >= 0.6 is 57.9 Å². The van der Waals surface area contributed by atoms with E-state index in [2.05, 4.69) is 139 Å². The monoisotopic (exact) mass is 2590 g/mol. The van der Waals surface area contributed by atoms with Crippen LogP contribution < -0.4 is 0 Å². The molecule has 0 amide bonds. The van der Waals surface area contributed by atoms with E-state index >= 15 is 0 Å². The van der Waals surface area contributed by atoms with Gasteiger partial charge in [0.05, 0.1) is 0 Å². The van der Waals surface area contributed by atoms with Crippen LogP contribution in [0, 0.1) is 83.1 Å². The molecule has 5 aromatic heterocycles. The van der Waals surface area contributed by atoms with Crippen molar-refractivity contribution in [1.82, 2.24) is 19.9 Å². The second-order valence-electron chi connectivity index (χ2n) is 22.6. The summed E-state index contributed by atoms with van der Waals surface area (Å²) in [6.07, 6.45) is -31.2. The van der Waals surface area contributed by atoms with Gasteiger partial charge in [0.2, 0.25) is 0 Å². The Morgan fingerprint density at radius 2 is 0.602 bits per heavy atom. The number of hydrogen-bond acceptors (Lipinski definition) is 5. The van der Waals surface area contributed by atoms with Crippen LogP contribution in [-0.2, 0) is 127 Å². The summed E-state index contributed by atoms with van der Waals surface area (Å²) in [5, 5.41) is 3.46. The molecule has 5 heterocycles. The van der Waals surface area contributed by atoms with Gasteiger partial charge < -0.3 is 19.9 Å². The Labute approximate surface area is 737 Å². The molecule has 0 unspecified atom stereocenters. The van der Waals surface area contributed by atoms with E-state index in [0.717, 1.165) is 71.7 Å². The molecule has 8 aromatic carbocycles. The molecule has 0 spiro atoms. The van der Waals surface area contributed by atoms with E-state index in [9.17, 15) is 105 Å². The first-order valence-corrected chi connectivity index (χ1v) is 46.7. The molecule has 13 aromatic rings. The fraction of sp³-hybridized carbons (Fsp3) is 0.160. The van der Waals surface area contributed by atoms with Gasteiger partial charge in [-0.15, -0.1) is 131 Å². The summed E-state index contributed by atoms with van der Waals surface area (Å²) < 4.78 is 292. The third-order valence-electron chi connectivity index (χ3n) is 13.8. The molecule has 0 aliphatic carbocycles. The molecular weight excluding hydrogens is 2540 g/mol. The first-order valence-electron chi connectivity index (χ1n) is 31.7. The van der Waals surface area contributed by atoms with Crippen molar-refractivity contribution in [3.63, 3.8) is 0 Å². The zero-order valence-electron chi connectivity index (χ0n) is 59.8. The van der Waals surface area contributed by atoms with E-state index in [1.165, 1.54) is 15.6 Å². The van der Waals surface area contributed by atoms with Crippen LogP contribution in [0.2, 0.25) is 0 Å². The summed E-state index contributed by atoms with van der Waals surface area (Å²) in [6, 6.07) is 72.2. The molecule has 37 heteroatoms. The van der Waals surface area contributed by atoms with Crippen LogP contribution in [0.1, 0.15) is 71.6 Å². The third kappa shape index (κ3) is 39.1. The minimum Gasteiger partial charge on any atom is -0.305 e. The van der Waals surface area contributed by atoms with E-state index in [-0.39, 0.29) is 46.5 Å². The Morgan fingerprint density at radius 1 is 0.305 bits per heavy atom. The molecule has 0 saturated carbocycles. The van der Waals surface area contributed by atoms with Gasteiger partial charge in [0.25, 0.3) is 0 Å². The van der Waals surface area contributed by atoms with Crippen molar-refractivity contribution in [3.8, 4) is 33.1 Å². The first-order chi connectivity index (χ1) is 55.2. The number of pyridine rings is 4. The quantitative estimate of drug-likeness (QED) is 0.0582. The predicted molar refractivity (Wildman–Crippen MR) is 398 cm³/mol. The standard InChI is InChI=1S/C13H8N.2C11H8N.C10H8NS.4C9H5F6.4Au.3ClH.HI/c1-2-6-12-10(4-1)7-8-11-5-3-9-14-13(11)12;2*1-2-6-10(7-3-1)11-8-4-5-9-12-11;1-8-5-6-10(12-8)9-4-2-3-7-11-9;4*1-5-2-6(8(10,11)12)4-7(3-5)9(13,14)15;;;;;;;;/h1-5,7-9H;2*1-6,8-9H;2-5,7H,1H3;4*2,4H,1H3;;;;;4*1H/q8*-1;4*+1;;;;/p-4. The van der Waals surface area contributed by atoms with E-state index in [0.29, 0.717) is 24.3 Å². The summed E-state index contributed by atoms with van der Waals surface area (Å²) in [6.45, 7) is 6.59. The van der Waals surface area contributed by atoms with E-state index in [1.54, 1.807) is 89.9 Å². The molecular formula is C81H52Au4Cl3F24IN4S-8. The van der Waals surface area contributed by atoms with Crippen molar-refractivity contribution >= 4 is 79.6 Å².